The van der Waals surface area contributed by atoms with E-state index in [2.05, 4.69) is 15.5 Å². The quantitative estimate of drug-likeness (QED) is 0.799. The minimum absolute atomic E-state index is 0.0141. The van der Waals surface area contributed by atoms with Crippen LogP contribution in [0.15, 0.2) is 40.0 Å². The maximum absolute atomic E-state index is 12.1. The van der Waals surface area contributed by atoms with Crippen LogP contribution in [0.3, 0.4) is 0 Å². The molecule has 3 rings (SSSR count). The van der Waals surface area contributed by atoms with E-state index < -0.39 is 0 Å². The molecule has 1 aromatic heterocycles. The highest BCUT2D eigenvalue weighted by Gasteiger charge is 2.21. The zero-order valence-electron chi connectivity index (χ0n) is 13.9. The maximum Gasteiger partial charge on any atom is 0.277 e. The van der Waals surface area contributed by atoms with Gasteiger partial charge < -0.3 is 9.73 Å². The number of carbonyl (C=O) groups is 1. The highest BCUT2D eigenvalue weighted by molar-refractivity contribution is 7.99. The van der Waals surface area contributed by atoms with Crippen LogP contribution in [-0.4, -0.2) is 21.9 Å². The van der Waals surface area contributed by atoms with Crippen molar-refractivity contribution in [1.82, 2.24) is 15.5 Å². The fraction of sp³-hybridized carbons (Fsp3) is 0.500. The first-order chi connectivity index (χ1) is 11.7. The summed E-state index contributed by atoms with van der Waals surface area (Å²) >= 11 is 1.30. The minimum atomic E-state index is -0.0335. The molecule has 0 bridgehead atoms. The number of amides is 1. The third-order valence-corrected chi connectivity index (χ3v) is 5.20. The zero-order valence-corrected chi connectivity index (χ0v) is 14.7. The van der Waals surface area contributed by atoms with Crippen molar-refractivity contribution < 1.29 is 9.21 Å². The summed E-state index contributed by atoms with van der Waals surface area (Å²) in [5.41, 5.74) is 1.09. The Hall–Kier alpha value is -1.82. The number of benzene rings is 1. The molecule has 1 aliphatic carbocycles. The zero-order chi connectivity index (χ0) is 16.8. The van der Waals surface area contributed by atoms with Crippen molar-refractivity contribution >= 4 is 17.7 Å². The van der Waals surface area contributed by atoms with Gasteiger partial charge in [0.15, 0.2) is 0 Å². The largest absolute Gasteiger partial charge is 0.416 e. The van der Waals surface area contributed by atoms with Crippen LogP contribution in [-0.2, 0) is 4.79 Å². The van der Waals surface area contributed by atoms with Crippen molar-refractivity contribution in [2.45, 2.75) is 56.2 Å². The average molecular weight is 345 g/mol. The topological polar surface area (TPSA) is 68.0 Å². The van der Waals surface area contributed by atoms with E-state index in [-0.39, 0.29) is 17.7 Å². The Morgan fingerprint density at radius 2 is 2.00 bits per heavy atom. The van der Waals surface area contributed by atoms with Crippen LogP contribution in [0.5, 0.6) is 0 Å². The average Bonchev–Trinajstić information content (AvgIpc) is 3.10. The molecule has 0 aliphatic heterocycles. The highest BCUT2D eigenvalue weighted by atomic mass is 32.2. The second kappa shape index (κ2) is 8.33. The summed E-state index contributed by atoms with van der Waals surface area (Å²) in [5, 5.41) is 11.7. The van der Waals surface area contributed by atoms with Gasteiger partial charge in [0, 0.05) is 5.92 Å². The minimum Gasteiger partial charge on any atom is -0.416 e. The summed E-state index contributed by atoms with van der Waals surface area (Å²) in [5.74, 6) is 1.38. The van der Waals surface area contributed by atoms with Crippen LogP contribution < -0.4 is 5.32 Å². The second-order valence-corrected chi connectivity index (χ2v) is 7.16. The molecule has 1 heterocycles. The monoisotopic (exact) mass is 345 g/mol. The summed E-state index contributed by atoms with van der Waals surface area (Å²) in [6, 6.07) is 9.90. The Morgan fingerprint density at radius 3 is 2.75 bits per heavy atom. The summed E-state index contributed by atoms with van der Waals surface area (Å²) in [7, 11) is 0. The molecule has 1 amide bonds. The summed E-state index contributed by atoms with van der Waals surface area (Å²) < 4.78 is 5.72. The van der Waals surface area contributed by atoms with E-state index in [0.717, 1.165) is 24.3 Å². The second-order valence-electron chi connectivity index (χ2n) is 6.23. The number of rotatable bonds is 6. The van der Waals surface area contributed by atoms with E-state index in [1.54, 1.807) is 0 Å². The van der Waals surface area contributed by atoms with Gasteiger partial charge in [-0.25, -0.2) is 0 Å². The number of hydrogen-bond donors (Lipinski definition) is 1. The van der Waals surface area contributed by atoms with Crippen LogP contribution in [0.4, 0.5) is 0 Å². The van der Waals surface area contributed by atoms with Crippen LogP contribution in [0.25, 0.3) is 0 Å². The fourth-order valence-electron chi connectivity index (χ4n) is 3.03. The third-order valence-electron chi connectivity index (χ3n) is 4.38. The molecule has 0 saturated heterocycles. The Morgan fingerprint density at radius 1 is 1.25 bits per heavy atom. The molecule has 1 unspecified atom stereocenters. The smallest absolute Gasteiger partial charge is 0.277 e. The maximum atomic E-state index is 12.1. The molecule has 2 aromatic rings. The first-order valence-electron chi connectivity index (χ1n) is 8.53. The molecule has 24 heavy (non-hydrogen) atoms. The van der Waals surface area contributed by atoms with E-state index in [0.29, 0.717) is 11.1 Å². The van der Waals surface area contributed by atoms with Gasteiger partial charge in [-0.3, -0.25) is 4.79 Å². The fourth-order valence-corrected chi connectivity index (χ4v) is 3.61. The number of nitrogens with zero attached hydrogens (tertiary/aromatic N) is 2. The number of aromatic nitrogens is 2. The van der Waals surface area contributed by atoms with E-state index in [9.17, 15) is 4.79 Å². The lowest BCUT2D eigenvalue weighted by Crippen LogP contribution is -2.28. The van der Waals surface area contributed by atoms with Gasteiger partial charge >= 0.3 is 0 Å². The van der Waals surface area contributed by atoms with Gasteiger partial charge in [0.2, 0.25) is 11.8 Å². The van der Waals surface area contributed by atoms with Crippen LogP contribution in [0.2, 0.25) is 0 Å². The van der Waals surface area contributed by atoms with Crippen molar-refractivity contribution in [2.24, 2.45) is 0 Å². The lowest BCUT2D eigenvalue weighted by atomic mass is 9.89. The van der Waals surface area contributed by atoms with E-state index in [1.807, 2.05) is 37.3 Å². The van der Waals surface area contributed by atoms with Crippen LogP contribution in [0, 0.1) is 0 Å². The van der Waals surface area contributed by atoms with Crippen LogP contribution in [0.1, 0.15) is 62.4 Å². The van der Waals surface area contributed by atoms with Crippen molar-refractivity contribution in [3.63, 3.8) is 0 Å². The summed E-state index contributed by atoms with van der Waals surface area (Å²) in [4.78, 5) is 12.1. The number of nitrogens with one attached hydrogen (secondary N) is 1. The first-order valence-corrected chi connectivity index (χ1v) is 9.51. The Bertz CT molecular complexity index is 653. The molecule has 1 aromatic carbocycles. The number of hydrogen-bond acceptors (Lipinski definition) is 5. The molecular weight excluding hydrogens is 322 g/mol. The summed E-state index contributed by atoms with van der Waals surface area (Å²) in [6.07, 6.45) is 6.01. The molecular formula is C18H23N3O2S. The SMILES string of the molecule is CC(NC(=O)CSc1nnc(C2CCCCC2)o1)c1ccccc1. The predicted octanol–water partition coefficient (Wildman–Crippen LogP) is 4.09. The van der Waals surface area contributed by atoms with Gasteiger partial charge in [-0.2, -0.15) is 0 Å². The molecule has 1 fully saturated rings. The van der Waals surface area contributed by atoms with Crippen molar-refractivity contribution in [3.8, 4) is 0 Å². The molecule has 128 valence electrons. The predicted molar refractivity (Wildman–Crippen MR) is 93.8 cm³/mol. The molecule has 0 spiro atoms. The van der Waals surface area contributed by atoms with Gasteiger partial charge in [0.25, 0.3) is 5.22 Å². The molecule has 6 heteroatoms. The molecule has 0 radical (unpaired) electrons. The van der Waals surface area contributed by atoms with E-state index in [1.165, 1.54) is 31.0 Å². The van der Waals surface area contributed by atoms with Gasteiger partial charge in [0.1, 0.15) is 0 Å². The summed E-state index contributed by atoms with van der Waals surface area (Å²) in [6.45, 7) is 1.98. The Balaban J connectivity index is 1.47. The van der Waals surface area contributed by atoms with E-state index in [4.69, 9.17) is 4.42 Å². The first kappa shape index (κ1) is 17.0. The van der Waals surface area contributed by atoms with E-state index >= 15 is 0 Å². The molecule has 1 aliphatic rings. The van der Waals surface area contributed by atoms with Crippen molar-refractivity contribution in [2.75, 3.05) is 5.75 Å². The molecule has 5 nitrogen and oxygen atoms in total. The third kappa shape index (κ3) is 4.60. The molecule has 1 N–H and O–H groups in total. The van der Waals surface area contributed by atoms with Crippen LogP contribution >= 0.6 is 11.8 Å². The Labute approximate surface area is 146 Å². The number of thioether (sulfide) groups is 1. The highest BCUT2D eigenvalue weighted by Crippen LogP contribution is 2.32. The normalized spacial score (nSPS) is 16.7. The lowest BCUT2D eigenvalue weighted by molar-refractivity contribution is -0.119. The van der Waals surface area contributed by atoms with Gasteiger partial charge in [-0.1, -0.05) is 61.4 Å². The standard InChI is InChI=1S/C18H23N3O2S/c1-13(14-8-4-2-5-9-14)19-16(22)12-24-18-21-20-17(23-18)15-10-6-3-7-11-15/h2,4-5,8-9,13,15H,3,6-7,10-12H2,1H3,(H,19,22). The van der Waals surface area contributed by atoms with Crippen molar-refractivity contribution in [3.05, 3.63) is 41.8 Å². The molecule has 1 saturated carbocycles. The molecule has 1 atom stereocenters. The lowest BCUT2D eigenvalue weighted by Gasteiger charge is -2.17. The van der Waals surface area contributed by atoms with Gasteiger partial charge in [-0.05, 0) is 25.3 Å². The number of carbonyl (C=O) groups excluding carboxylic acids is 1. The Kier molecular flexibility index (Phi) is 5.91. The van der Waals surface area contributed by atoms with Gasteiger partial charge in [-0.15, -0.1) is 10.2 Å². The van der Waals surface area contributed by atoms with Gasteiger partial charge in [0.05, 0.1) is 11.8 Å². The van der Waals surface area contributed by atoms with Crippen molar-refractivity contribution in [1.29, 1.82) is 0 Å².